The third-order valence-electron chi connectivity index (χ3n) is 17.8. The van der Waals surface area contributed by atoms with E-state index in [0.29, 0.717) is 0 Å². The monoisotopic (exact) mass is 981 g/mol. The van der Waals surface area contributed by atoms with Crippen LogP contribution < -0.4 is 0 Å². The van der Waals surface area contributed by atoms with Crippen molar-refractivity contribution in [2.24, 2.45) is 51.8 Å². The van der Waals surface area contributed by atoms with Gasteiger partial charge in [0.1, 0.15) is 0 Å². The van der Waals surface area contributed by atoms with E-state index < -0.39 is 16.8 Å². The Bertz CT molecular complexity index is 1440. The van der Waals surface area contributed by atoms with Gasteiger partial charge in [0.25, 0.3) is 0 Å². The summed E-state index contributed by atoms with van der Waals surface area (Å²) in [6, 6.07) is 0. The summed E-state index contributed by atoms with van der Waals surface area (Å²) in [5, 5.41) is 59.4. The van der Waals surface area contributed by atoms with Crippen LogP contribution in [0.5, 0.6) is 0 Å². The second kappa shape index (κ2) is 26.3. The Morgan fingerprint density at radius 1 is 0.362 bits per heavy atom. The Labute approximate surface area is 426 Å². The van der Waals surface area contributed by atoms with E-state index in [1.54, 1.807) is 38.0 Å². The van der Waals surface area contributed by atoms with Crippen LogP contribution >= 0.6 is 0 Å². The molecule has 0 unspecified atom stereocenters. The fraction of sp³-hybridized carbons (Fsp3) is 0.966. The van der Waals surface area contributed by atoms with Crippen LogP contribution in [0.2, 0.25) is 0 Å². The van der Waals surface area contributed by atoms with E-state index in [-0.39, 0.29) is 56.7 Å². The van der Waals surface area contributed by atoms with E-state index >= 15 is 0 Å². The van der Waals surface area contributed by atoms with Gasteiger partial charge in [0.15, 0.2) is 0 Å². The van der Waals surface area contributed by atoms with Gasteiger partial charge in [-0.15, -0.1) is 0 Å². The van der Waals surface area contributed by atoms with Crippen molar-refractivity contribution in [3.05, 3.63) is 0 Å². The van der Waals surface area contributed by atoms with Crippen LogP contribution in [0.15, 0.2) is 0 Å². The van der Waals surface area contributed by atoms with Crippen molar-refractivity contribution < 1.29 is 40.2 Å². The molecule has 10 heteroatoms. The predicted molar refractivity (Wildman–Crippen MR) is 288 cm³/mol. The van der Waals surface area contributed by atoms with Gasteiger partial charge in [0.2, 0.25) is 11.8 Å². The number of nitrogens with zero attached hydrogens (tertiary/aromatic N) is 2. The van der Waals surface area contributed by atoms with E-state index in [2.05, 4.69) is 90.0 Å². The van der Waals surface area contributed by atoms with Crippen molar-refractivity contribution in [1.82, 2.24) is 9.80 Å². The number of hydrogen-bond acceptors (Lipinski definition) is 8. The van der Waals surface area contributed by atoms with Gasteiger partial charge in [-0.3, -0.25) is 9.59 Å². The summed E-state index contributed by atoms with van der Waals surface area (Å²) < 4.78 is 0. The van der Waals surface area contributed by atoms with Crippen LogP contribution in [-0.4, -0.2) is 114 Å². The first-order chi connectivity index (χ1) is 31.0. The minimum absolute atomic E-state index is 0.0488. The molecule has 6 N–H and O–H groups in total. The summed E-state index contributed by atoms with van der Waals surface area (Å²) in [5.41, 5.74) is -2.57. The van der Waals surface area contributed by atoms with Gasteiger partial charge < -0.3 is 40.4 Å². The van der Waals surface area contributed by atoms with Gasteiger partial charge in [0.05, 0.1) is 33.6 Å². The molecule has 10 nitrogen and oxygen atoms in total. The Morgan fingerprint density at radius 3 is 0.754 bits per heavy atom. The molecule has 0 radical (unpaired) electrons. The van der Waals surface area contributed by atoms with Crippen molar-refractivity contribution in [2.45, 2.75) is 286 Å². The lowest BCUT2D eigenvalue weighted by atomic mass is 9.60. The fourth-order valence-electron chi connectivity index (χ4n) is 10.8. The Morgan fingerprint density at radius 2 is 0.565 bits per heavy atom. The number of hydrogen-bond donors (Lipinski definition) is 6. The average Bonchev–Trinajstić information content (AvgIpc) is 3.20. The fourth-order valence-corrected chi connectivity index (χ4v) is 10.8. The molecule has 6 aliphatic carbocycles. The third kappa shape index (κ3) is 22.4. The number of amides is 2. The molecular formula is C59H116N2O8. The van der Waals surface area contributed by atoms with Crippen LogP contribution in [0.4, 0.5) is 0 Å². The Hall–Kier alpha value is -1.30. The first-order valence-corrected chi connectivity index (χ1v) is 27.8. The minimum Gasteiger partial charge on any atom is -0.390 e. The second-order valence-corrected chi connectivity index (χ2v) is 28.4. The van der Waals surface area contributed by atoms with Gasteiger partial charge in [-0.05, 0) is 202 Å². The molecule has 6 saturated carbocycles. The molecular weight excluding hydrogens is 865 g/mol. The normalized spacial score (nSPS) is 38.1. The zero-order valence-electron chi connectivity index (χ0n) is 48.9. The highest BCUT2D eigenvalue weighted by Crippen LogP contribution is 2.49. The molecule has 0 aliphatic heterocycles. The van der Waals surface area contributed by atoms with E-state index in [0.717, 1.165) is 126 Å². The van der Waals surface area contributed by atoms with E-state index in [1.165, 1.54) is 38.5 Å². The molecule has 0 aromatic rings. The maximum Gasteiger partial charge on any atom is 0.225 e. The lowest BCUT2D eigenvalue weighted by Gasteiger charge is -2.51. The first kappa shape index (κ1) is 65.7. The van der Waals surface area contributed by atoms with Crippen LogP contribution in [0, 0.1) is 51.8 Å². The van der Waals surface area contributed by atoms with E-state index in [1.807, 2.05) is 20.8 Å². The lowest BCUT2D eigenvalue weighted by Crippen LogP contribution is -2.52. The molecule has 0 atom stereocenters. The van der Waals surface area contributed by atoms with Gasteiger partial charge >= 0.3 is 0 Å². The van der Waals surface area contributed by atoms with Crippen molar-refractivity contribution in [3.8, 4) is 0 Å². The molecule has 6 rings (SSSR count). The molecule has 0 spiro atoms. The number of carbonyl (C=O) groups excluding carboxylic acids is 2. The van der Waals surface area contributed by atoms with Crippen molar-refractivity contribution in [2.75, 3.05) is 28.2 Å². The standard InChI is InChI=1S/C13H25NO2.C11H22O.C10H19NO2.C9H18O.2C8H16O/c1-12(2,3)13(16)8-6-10(7-9-13)11(15)14(4)5;1-9-5-7-11(12,8-6-9)10(2,3)4;1-10(13)6-4-8(5-7-10)9(12)11(2)3;1-7-5-9(10,6-7)8(2,3)4;2*1-7-3-5-8(2,9)6-4-7/h10,16H,6-9H2,1-5H3;9,12H,5-8H2,1-4H3;8,13H,4-7H2,1-3H3;7,10H,5-6H2,1-4H3;2*7,9H,3-6H2,1-2H3. The van der Waals surface area contributed by atoms with Gasteiger partial charge in [0, 0.05) is 40.0 Å². The Balaban J connectivity index is 0.000000419. The van der Waals surface area contributed by atoms with Crippen molar-refractivity contribution >= 4 is 11.8 Å². The van der Waals surface area contributed by atoms with Gasteiger partial charge in [-0.1, -0.05) is 90.0 Å². The number of carbonyl (C=O) groups is 2. The number of aliphatic hydroxyl groups is 6. The van der Waals surface area contributed by atoms with Crippen molar-refractivity contribution in [3.63, 3.8) is 0 Å². The van der Waals surface area contributed by atoms with Gasteiger partial charge in [-0.2, -0.15) is 0 Å². The first-order valence-electron chi connectivity index (χ1n) is 27.8. The topological polar surface area (TPSA) is 162 Å². The summed E-state index contributed by atoms with van der Waals surface area (Å²) in [6.45, 7) is 33.7. The zero-order valence-corrected chi connectivity index (χ0v) is 48.9. The highest BCUT2D eigenvalue weighted by Gasteiger charge is 2.49. The highest BCUT2D eigenvalue weighted by atomic mass is 16.3. The number of rotatable bonds is 2. The molecule has 0 bridgehead atoms. The molecule has 69 heavy (non-hydrogen) atoms. The minimum atomic E-state index is -0.601. The van der Waals surface area contributed by atoms with Gasteiger partial charge in [-0.25, -0.2) is 0 Å². The van der Waals surface area contributed by atoms with Crippen LogP contribution in [0.3, 0.4) is 0 Å². The third-order valence-corrected chi connectivity index (χ3v) is 17.8. The molecule has 0 aromatic carbocycles. The molecule has 0 aromatic heterocycles. The average molecular weight is 982 g/mol. The molecule has 0 saturated heterocycles. The van der Waals surface area contributed by atoms with Crippen LogP contribution in [-0.2, 0) is 9.59 Å². The maximum absolute atomic E-state index is 11.8. The predicted octanol–water partition coefficient (Wildman–Crippen LogP) is 12.1. The molecule has 6 aliphatic rings. The zero-order chi connectivity index (χ0) is 53.8. The van der Waals surface area contributed by atoms with Crippen LogP contribution in [0.1, 0.15) is 252 Å². The molecule has 6 fully saturated rings. The van der Waals surface area contributed by atoms with E-state index in [9.17, 15) is 40.2 Å². The summed E-state index contributed by atoms with van der Waals surface area (Å²) in [7, 11) is 7.17. The van der Waals surface area contributed by atoms with E-state index in [4.69, 9.17) is 0 Å². The van der Waals surface area contributed by atoms with Crippen LogP contribution in [0.25, 0.3) is 0 Å². The maximum atomic E-state index is 11.8. The SMILES string of the molecule is CC1CC(O)(C(C)(C)C)C1.CC1CCC(C)(O)CC1.CC1CCC(C)(O)CC1.CC1CCC(O)(C(C)(C)C)CC1.CN(C)C(=O)C1CCC(C)(O)CC1.CN(C)C(=O)C1CCC(O)(C(C)(C)C)CC1. The summed E-state index contributed by atoms with van der Waals surface area (Å²) >= 11 is 0. The summed E-state index contributed by atoms with van der Waals surface area (Å²) in [5.74, 6) is 3.87. The van der Waals surface area contributed by atoms with Crippen molar-refractivity contribution in [1.29, 1.82) is 0 Å². The smallest absolute Gasteiger partial charge is 0.225 e. The molecule has 2 amide bonds. The second-order valence-electron chi connectivity index (χ2n) is 28.4. The highest BCUT2D eigenvalue weighted by molar-refractivity contribution is 5.78. The molecule has 0 heterocycles. The largest absolute Gasteiger partial charge is 0.390 e. The quantitative estimate of drug-likeness (QED) is 0.159. The Kier molecular flexibility index (Phi) is 25.0. The lowest BCUT2D eigenvalue weighted by molar-refractivity contribution is -0.143. The summed E-state index contributed by atoms with van der Waals surface area (Å²) in [4.78, 5) is 26.7. The summed E-state index contributed by atoms with van der Waals surface area (Å²) in [6.07, 6.45) is 21.3. The molecule has 410 valence electrons.